The predicted octanol–water partition coefficient (Wildman–Crippen LogP) is 2.45. The molecule has 1 aromatic carbocycles. The lowest BCUT2D eigenvalue weighted by atomic mass is 10.2. The minimum absolute atomic E-state index is 0.0413. The Bertz CT molecular complexity index is 1260. The average Bonchev–Trinajstić information content (AvgIpc) is 3.21. The summed E-state index contributed by atoms with van der Waals surface area (Å²) in [6.45, 7) is 0. The average molecular weight is 408 g/mol. The fraction of sp³-hybridized carbons (Fsp3) is 0.0667. The molecular weight excluding hydrogens is 396 g/mol. The summed E-state index contributed by atoms with van der Waals surface area (Å²) in [6.07, 6.45) is 0. The van der Waals surface area contributed by atoms with Crippen molar-refractivity contribution in [2.24, 2.45) is 0 Å². The van der Waals surface area contributed by atoms with Gasteiger partial charge in [-0.25, -0.2) is 9.59 Å². The van der Waals surface area contributed by atoms with Crippen molar-refractivity contribution in [1.82, 2.24) is 19.9 Å². The van der Waals surface area contributed by atoms with E-state index < -0.39 is 16.9 Å². The Morgan fingerprint density at radius 1 is 0.923 bits per heavy atom. The van der Waals surface area contributed by atoms with E-state index in [9.17, 15) is 14.4 Å². The van der Waals surface area contributed by atoms with Crippen molar-refractivity contribution < 1.29 is 4.74 Å². The van der Waals surface area contributed by atoms with Gasteiger partial charge in [0, 0.05) is 4.88 Å². The summed E-state index contributed by atoms with van der Waals surface area (Å²) in [4.78, 5) is 42.2. The molecule has 134 valence electrons. The van der Waals surface area contributed by atoms with E-state index in [2.05, 4.69) is 15.0 Å². The van der Waals surface area contributed by atoms with Gasteiger partial charge in [-0.05, 0) is 35.9 Å². The molecule has 0 spiro atoms. The fourth-order valence-electron chi connectivity index (χ4n) is 2.09. The van der Waals surface area contributed by atoms with Crippen LogP contribution in [0.1, 0.15) is 0 Å². The Morgan fingerprint density at radius 2 is 1.58 bits per heavy atom. The third kappa shape index (κ3) is 4.07. The number of hydrogen-bond acceptors (Lipinski definition) is 7. The number of nitrogens with one attached hydrogen (secondary N) is 4. The molecule has 0 radical (unpaired) electrons. The number of ether oxygens (including phenoxy) is 1. The minimum Gasteiger partial charge on any atom is -0.497 e. The largest absolute Gasteiger partial charge is 0.497 e. The molecule has 0 saturated heterocycles. The quantitative estimate of drug-likeness (QED) is 0.300. The van der Waals surface area contributed by atoms with Crippen molar-refractivity contribution in [3.8, 4) is 16.2 Å². The summed E-state index contributed by atoms with van der Waals surface area (Å²) >= 11 is 5.09. The van der Waals surface area contributed by atoms with Gasteiger partial charge in [0.1, 0.15) is 20.7 Å². The van der Waals surface area contributed by atoms with Gasteiger partial charge in [0.2, 0.25) is 0 Å². The summed E-state index contributed by atoms with van der Waals surface area (Å²) in [6, 6.07) is 10.1. The van der Waals surface area contributed by atoms with Gasteiger partial charge in [0.15, 0.2) is 0 Å². The number of methoxy groups -OCH3 is 1. The summed E-state index contributed by atoms with van der Waals surface area (Å²) in [7, 11) is 5.02. The maximum Gasteiger partial charge on any atom is 0.327 e. The number of aromatic amines is 4. The van der Waals surface area contributed by atoms with Gasteiger partial charge in [-0.2, -0.15) is 0 Å². The lowest BCUT2D eigenvalue weighted by molar-refractivity contribution is 0.415. The van der Waals surface area contributed by atoms with E-state index >= 15 is 0 Å². The van der Waals surface area contributed by atoms with Crippen LogP contribution < -0.4 is 21.7 Å². The van der Waals surface area contributed by atoms with Gasteiger partial charge in [0.25, 0.3) is 5.56 Å². The SMILES string of the molecule is COc1ccc(-c2cc(=S)ss2)cc1.O=c1[nH]c(=O)c2[nH]c(=O)[nH]c2[nH]1. The molecule has 0 fully saturated rings. The van der Waals surface area contributed by atoms with Gasteiger partial charge in [-0.15, -0.1) is 0 Å². The van der Waals surface area contributed by atoms with Gasteiger partial charge in [-0.3, -0.25) is 24.7 Å². The van der Waals surface area contributed by atoms with Crippen LogP contribution in [0.4, 0.5) is 0 Å². The number of fused-ring (bicyclic) bond motifs is 1. The van der Waals surface area contributed by atoms with Crippen LogP contribution in [0.3, 0.4) is 0 Å². The molecule has 4 rings (SSSR count). The third-order valence-electron chi connectivity index (χ3n) is 3.26. The maximum atomic E-state index is 10.9. The third-order valence-corrected chi connectivity index (χ3v) is 6.17. The van der Waals surface area contributed by atoms with Crippen LogP contribution in [0.15, 0.2) is 44.7 Å². The Balaban J connectivity index is 0.000000152. The van der Waals surface area contributed by atoms with Crippen molar-refractivity contribution in [2.75, 3.05) is 7.11 Å². The van der Waals surface area contributed by atoms with Crippen LogP contribution in [0, 0.1) is 3.82 Å². The van der Waals surface area contributed by atoms with Gasteiger partial charge in [0.05, 0.1) is 7.11 Å². The van der Waals surface area contributed by atoms with Crippen molar-refractivity contribution >= 4 is 44.1 Å². The zero-order valence-electron chi connectivity index (χ0n) is 13.2. The van der Waals surface area contributed by atoms with E-state index in [-0.39, 0.29) is 11.2 Å². The molecule has 0 aliphatic heterocycles. The first kappa shape index (κ1) is 18.0. The van der Waals surface area contributed by atoms with Crippen LogP contribution in [0.5, 0.6) is 5.75 Å². The highest BCUT2D eigenvalue weighted by Crippen LogP contribution is 2.30. The fourth-order valence-corrected chi connectivity index (χ4v) is 4.49. The maximum absolute atomic E-state index is 10.9. The van der Waals surface area contributed by atoms with E-state index in [4.69, 9.17) is 17.0 Å². The molecule has 11 heteroatoms. The molecule has 0 saturated carbocycles. The molecule has 26 heavy (non-hydrogen) atoms. The van der Waals surface area contributed by atoms with Gasteiger partial charge < -0.3 is 4.74 Å². The molecule has 3 heterocycles. The minimum atomic E-state index is -0.650. The van der Waals surface area contributed by atoms with E-state index in [1.54, 1.807) is 27.8 Å². The Hall–Kier alpha value is -2.76. The first-order valence-corrected chi connectivity index (χ1v) is 9.71. The summed E-state index contributed by atoms with van der Waals surface area (Å²) in [5.74, 6) is 0.882. The highest BCUT2D eigenvalue weighted by molar-refractivity contribution is 7.80. The zero-order chi connectivity index (χ0) is 18.7. The van der Waals surface area contributed by atoms with E-state index in [1.165, 1.54) is 10.4 Å². The van der Waals surface area contributed by atoms with E-state index in [0.29, 0.717) is 0 Å². The highest BCUT2D eigenvalue weighted by atomic mass is 32.9. The van der Waals surface area contributed by atoms with Crippen LogP contribution in [-0.2, 0) is 0 Å². The van der Waals surface area contributed by atoms with Crippen molar-refractivity contribution in [2.45, 2.75) is 0 Å². The smallest absolute Gasteiger partial charge is 0.327 e. The van der Waals surface area contributed by atoms with E-state index in [1.807, 2.05) is 35.3 Å². The molecule has 8 nitrogen and oxygen atoms in total. The number of aromatic nitrogens is 4. The Labute approximate surface area is 157 Å². The van der Waals surface area contributed by atoms with E-state index in [0.717, 1.165) is 9.57 Å². The molecule has 0 unspecified atom stereocenters. The summed E-state index contributed by atoms with van der Waals surface area (Å²) in [5, 5.41) is 0. The van der Waals surface area contributed by atoms with Crippen molar-refractivity contribution in [3.63, 3.8) is 0 Å². The van der Waals surface area contributed by atoms with Crippen molar-refractivity contribution in [1.29, 1.82) is 0 Å². The number of hydrogen-bond donors (Lipinski definition) is 4. The molecule has 0 aliphatic rings. The molecular formula is C15H12N4O4S3. The first-order chi connectivity index (χ1) is 12.5. The monoisotopic (exact) mass is 408 g/mol. The van der Waals surface area contributed by atoms with Crippen LogP contribution in [0.2, 0.25) is 0 Å². The second-order valence-electron chi connectivity index (χ2n) is 4.96. The number of H-pyrrole nitrogens is 4. The lowest BCUT2D eigenvalue weighted by Gasteiger charge is -2.00. The normalized spacial score (nSPS) is 10.3. The summed E-state index contributed by atoms with van der Waals surface area (Å²) in [5.41, 5.74) is -0.455. The number of imidazole rings is 1. The second kappa shape index (κ2) is 7.64. The highest BCUT2D eigenvalue weighted by Gasteiger charge is 2.02. The lowest BCUT2D eigenvalue weighted by Crippen LogP contribution is -2.21. The number of benzene rings is 1. The van der Waals surface area contributed by atoms with Crippen LogP contribution >= 0.6 is 32.9 Å². The van der Waals surface area contributed by atoms with Crippen LogP contribution in [0.25, 0.3) is 21.6 Å². The molecule has 0 bridgehead atoms. The molecule has 4 N–H and O–H groups in total. The zero-order valence-corrected chi connectivity index (χ0v) is 15.7. The number of rotatable bonds is 2. The topological polar surface area (TPSA) is 124 Å². The standard InChI is InChI=1S/C10H8OS3.C5H4N4O3/c1-11-8-4-2-7(3-5-8)9-6-10(12)14-13-9;10-3-1-2(7-4(11)6-1)8-5(12)9-3/h2-6H,1H3;(H4,6,7,8,9,10,11,12). The molecule has 4 aromatic rings. The van der Waals surface area contributed by atoms with Gasteiger partial charge >= 0.3 is 11.4 Å². The van der Waals surface area contributed by atoms with Gasteiger partial charge in [-0.1, -0.05) is 32.9 Å². The molecule has 0 atom stereocenters. The molecule has 0 aliphatic carbocycles. The Morgan fingerprint density at radius 3 is 2.15 bits per heavy atom. The summed E-state index contributed by atoms with van der Waals surface area (Å²) < 4.78 is 6.04. The predicted molar refractivity (Wildman–Crippen MR) is 105 cm³/mol. The Kier molecular flexibility index (Phi) is 5.30. The van der Waals surface area contributed by atoms with Crippen molar-refractivity contribution in [3.05, 3.63) is 65.5 Å². The molecule has 3 aromatic heterocycles. The van der Waals surface area contributed by atoms with Crippen LogP contribution in [-0.4, -0.2) is 27.0 Å². The first-order valence-electron chi connectivity index (χ1n) is 7.15. The molecule has 0 amide bonds. The second-order valence-corrected chi connectivity index (χ2v) is 7.87.